The van der Waals surface area contributed by atoms with Crippen LogP contribution in [0.1, 0.15) is 103 Å². The van der Waals surface area contributed by atoms with Crippen molar-refractivity contribution in [1.29, 1.82) is 0 Å². The molecule has 0 spiro atoms. The molecule has 18 heteroatoms. The predicted molar refractivity (Wildman–Crippen MR) is 314 cm³/mol. The summed E-state index contributed by atoms with van der Waals surface area (Å²) in [4.78, 5) is 80.9. The summed E-state index contributed by atoms with van der Waals surface area (Å²) in [5.41, 5.74) is 6.50. The van der Waals surface area contributed by atoms with Crippen LogP contribution in [0, 0.1) is 0 Å². The Bertz CT molecular complexity index is 3750. The van der Waals surface area contributed by atoms with Crippen LogP contribution in [0.3, 0.4) is 0 Å². The fourth-order valence-electron chi connectivity index (χ4n) is 12.3. The van der Waals surface area contributed by atoms with Crippen LogP contribution in [-0.4, -0.2) is 129 Å². The summed E-state index contributed by atoms with van der Waals surface area (Å²) >= 11 is 0. The number of carbonyl (C=O) groups excluding carboxylic acids is 2. The lowest BCUT2D eigenvalue weighted by Gasteiger charge is -2.29. The number of likely N-dealkylation sites (tertiary alicyclic amines) is 1. The maximum Gasteiger partial charge on any atom is 0.256 e. The van der Waals surface area contributed by atoms with Crippen molar-refractivity contribution < 1.29 is 19.1 Å². The minimum atomic E-state index is -0.345. The highest BCUT2D eigenvalue weighted by Gasteiger charge is 2.34. The fourth-order valence-corrected chi connectivity index (χ4v) is 12.3. The highest BCUT2D eigenvalue weighted by molar-refractivity contribution is 6.02. The van der Waals surface area contributed by atoms with Gasteiger partial charge in [0.15, 0.2) is 23.0 Å². The van der Waals surface area contributed by atoms with Gasteiger partial charge in [0.25, 0.3) is 11.8 Å². The molecular formula is C63H68N12O6. The molecule has 8 aromatic rings. The van der Waals surface area contributed by atoms with E-state index in [0.717, 1.165) is 125 Å². The molecule has 0 saturated carbocycles. The van der Waals surface area contributed by atoms with E-state index in [9.17, 15) is 19.2 Å². The number of hydrogen-bond acceptors (Lipinski definition) is 14. The lowest BCUT2D eigenvalue weighted by atomic mass is 10.0. The largest absolute Gasteiger partial charge is 0.451 e. The maximum atomic E-state index is 13.8. The van der Waals surface area contributed by atoms with Gasteiger partial charge < -0.3 is 48.8 Å². The number of hydrogen-bond donors (Lipinski definition) is 2. The molecule has 4 aromatic heterocycles. The first-order chi connectivity index (χ1) is 39.6. The van der Waals surface area contributed by atoms with Crippen molar-refractivity contribution in [2.75, 3.05) is 81.8 Å². The molecule has 3 fully saturated rings. The zero-order valence-electron chi connectivity index (χ0n) is 46.2. The Kier molecular flexibility index (Phi) is 15.3. The Morgan fingerprint density at radius 1 is 0.654 bits per heavy atom. The van der Waals surface area contributed by atoms with Crippen LogP contribution < -0.4 is 40.8 Å². The average Bonchev–Trinajstić information content (AvgIpc) is 4.49. The van der Waals surface area contributed by atoms with Crippen molar-refractivity contribution in [2.24, 2.45) is 0 Å². The summed E-state index contributed by atoms with van der Waals surface area (Å²) in [6.45, 7) is 16.0. The second-order valence-electron chi connectivity index (χ2n) is 21.7. The third-order valence-corrected chi connectivity index (χ3v) is 16.7. The Labute approximate surface area is 470 Å². The van der Waals surface area contributed by atoms with Crippen LogP contribution in [0.5, 0.6) is 23.0 Å². The zero-order chi connectivity index (χ0) is 55.6. The van der Waals surface area contributed by atoms with Gasteiger partial charge in [0.2, 0.25) is 10.9 Å². The fraction of sp³-hybridized carbons (Fsp3) is 0.365. The van der Waals surface area contributed by atoms with Gasteiger partial charge in [-0.2, -0.15) is 0 Å². The summed E-state index contributed by atoms with van der Waals surface area (Å²) in [6, 6.07) is 23.0. The number of aromatic nitrogens is 6. The molecule has 9 heterocycles. The van der Waals surface area contributed by atoms with Gasteiger partial charge >= 0.3 is 0 Å². The van der Waals surface area contributed by atoms with Crippen molar-refractivity contribution in [3.05, 3.63) is 165 Å². The molecule has 2 N–H and O–H groups in total. The van der Waals surface area contributed by atoms with Crippen LogP contribution in [0.2, 0.25) is 0 Å². The van der Waals surface area contributed by atoms with Crippen LogP contribution in [-0.2, 0) is 0 Å². The van der Waals surface area contributed by atoms with Gasteiger partial charge in [-0.15, -0.1) is 0 Å². The number of carbonyl (C=O) groups is 2. The number of nitrogens with zero attached hydrogens (tertiary/aromatic N) is 10. The van der Waals surface area contributed by atoms with Crippen LogP contribution in [0.4, 0.5) is 11.4 Å². The molecule has 416 valence electrons. The summed E-state index contributed by atoms with van der Waals surface area (Å²) < 4.78 is 16.9. The Hall–Kier alpha value is -8.48. The van der Waals surface area contributed by atoms with Crippen molar-refractivity contribution in [2.45, 2.75) is 77.2 Å². The molecule has 81 heavy (non-hydrogen) atoms. The molecule has 2 amide bonds. The van der Waals surface area contributed by atoms with E-state index >= 15 is 0 Å². The third-order valence-electron chi connectivity index (χ3n) is 16.7. The minimum absolute atomic E-state index is 0.0458. The lowest BCUT2D eigenvalue weighted by Crippen LogP contribution is -2.36. The van der Waals surface area contributed by atoms with E-state index < -0.39 is 0 Å². The first-order valence-electron chi connectivity index (χ1n) is 28.7. The number of pyridine rings is 2. The van der Waals surface area contributed by atoms with Crippen LogP contribution in [0.25, 0.3) is 33.2 Å². The van der Waals surface area contributed by atoms with Crippen molar-refractivity contribution in [1.82, 2.24) is 49.5 Å². The normalized spacial score (nSPS) is 17.3. The molecule has 0 aliphatic carbocycles. The van der Waals surface area contributed by atoms with E-state index in [2.05, 4.69) is 64.0 Å². The number of para-hydroxylation sites is 4. The molecule has 5 aliphatic heterocycles. The molecule has 3 atom stereocenters. The van der Waals surface area contributed by atoms with E-state index in [1.807, 2.05) is 101 Å². The predicted octanol–water partition coefficient (Wildman–Crippen LogP) is 8.83. The average molecular weight is 1090 g/mol. The minimum Gasteiger partial charge on any atom is -0.451 e. The number of rotatable bonds is 16. The SMILES string of the molecule is CCN(CC)CCCC(C)NC(=O)c1cn2c3c(c(N4CCC(c5cnccn5)C4)ccc3c1=O)Oc1ccccc1-2.O=C(NCCN1CCCC1)c1cn2c3c(c(N4CCC(c5cnccn5)C4)ccc3c1=O)Oc1ccccc1-2. The standard InChI is InChI=1S/C33H38N6O3.C30H30N6O3/c1-4-37(5-2)17-8-9-22(3)36-33(41)25-21-39-27-10-6-7-11-29(27)42-32-28(13-12-24(30(32)39)31(25)40)38-18-14-23(20-38)26-19-34-15-16-35-26;37-28-21-7-8-25(35-15-9-20(18-35)23-17-31-10-11-32-23)29-27(21)36(24-5-1-2-6-26(24)39-29)19-22(28)30(38)33-12-16-34-13-3-4-14-34/h6-7,10-13,15-16,19,21-23H,4-5,8-9,14,17-18,20H2,1-3H3,(H,36,41);1-2,5-8,10-11,17,19-20H,3-4,9,12-16,18H2,(H,33,38). The van der Waals surface area contributed by atoms with Gasteiger partial charge in [-0.25, -0.2) is 0 Å². The summed E-state index contributed by atoms with van der Waals surface area (Å²) in [6.07, 6.45) is 20.0. The lowest BCUT2D eigenvalue weighted by molar-refractivity contribution is 0.0931. The molecule has 18 nitrogen and oxygen atoms in total. The number of fused-ring (bicyclic) bond motifs is 4. The third kappa shape index (κ3) is 10.6. The first kappa shape index (κ1) is 53.2. The van der Waals surface area contributed by atoms with Gasteiger partial charge in [0.1, 0.15) is 22.2 Å². The van der Waals surface area contributed by atoms with Gasteiger partial charge in [0.05, 0.1) is 44.9 Å². The second-order valence-corrected chi connectivity index (χ2v) is 21.7. The molecule has 3 unspecified atom stereocenters. The van der Waals surface area contributed by atoms with E-state index in [1.54, 1.807) is 37.2 Å². The van der Waals surface area contributed by atoms with Crippen molar-refractivity contribution in [3.8, 4) is 34.4 Å². The number of ether oxygens (including phenoxy) is 2. The zero-order valence-corrected chi connectivity index (χ0v) is 46.2. The molecule has 0 radical (unpaired) electrons. The number of nitrogens with one attached hydrogen (secondary N) is 2. The number of benzene rings is 4. The topological polar surface area (TPSA) is 185 Å². The van der Waals surface area contributed by atoms with Gasteiger partial charge in [-0.05, 0) is 127 Å². The molecular weight excluding hydrogens is 1020 g/mol. The Morgan fingerprint density at radius 2 is 1.17 bits per heavy atom. The first-order valence-corrected chi connectivity index (χ1v) is 28.7. The Balaban J connectivity index is 0.000000161. The van der Waals surface area contributed by atoms with Crippen LogP contribution in [0.15, 0.2) is 132 Å². The number of amides is 2. The highest BCUT2D eigenvalue weighted by atomic mass is 16.5. The van der Waals surface area contributed by atoms with Crippen molar-refractivity contribution >= 4 is 45.0 Å². The second kappa shape index (κ2) is 23.3. The quantitative estimate of drug-likeness (QED) is 0.0935. The monoisotopic (exact) mass is 1090 g/mol. The van der Waals surface area contributed by atoms with E-state index in [1.165, 1.54) is 12.8 Å². The van der Waals surface area contributed by atoms with Crippen molar-refractivity contribution in [3.63, 3.8) is 0 Å². The summed E-state index contributed by atoms with van der Waals surface area (Å²) in [5, 5.41) is 6.99. The van der Waals surface area contributed by atoms with Gasteiger partial charge in [0, 0.05) is 107 Å². The summed E-state index contributed by atoms with van der Waals surface area (Å²) in [7, 11) is 0. The smallest absolute Gasteiger partial charge is 0.256 e. The molecule has 0 bridgehead atoms. The van der Waals surface area contributed by atoms with Gasteiger partial charge in [-0.3, -0.25) is 39.1 Å². The molecule has 3 saturated heterocycles. The van der Waals surface area contributed by atoms with E-state index in [4.69, 9.17) is 9.47 Å². The van der Waals surface area contributed by atoms with E-state index in [-0.39, 0.29) is 51.7 Å². The van der Waals surface area contributed by atoms with E-state index in [0.29, 0.717) is 51.3 Å². The molecule has 4 aromatic carbocycles. The van der Waals surface area contributed by atoms with Crippen LogP contribution >= 0.6 is 0 Å². The van der Waals surface area contributed by atoms with Gasteiger partial charge in [-0.1, -0.05) is 38.1 Å². The maximum absolute atomic E-state index is 13.8. The highest BCUT2D eigenvalue weighted by Crippen LogP contribution is 2.48. The summed E-state index contributed by atoms with van der Waals surface area (Å²) in [5.74, 6) is 2.50. The number of anilines is 2. The molecule has 13 rings (SSSR count). The molecule has 5 aliphatic rings. The Morgan fingerprint density at radius 3 is 1.68 bits per heavy atom.